The van der Waals surface area contributed by atoms with E-state index in [1.54, 1.807) is 23.9 Å². The molecular weight excluding hydrogens is 446 g/mol. The molecule has 0 saturated carbocycles. The number of thioether (sulfide) groups is 1. The summed E-state index contributed by atoms with van der Waals surface area (Å²) >= 11 is 1.63. The maximum Gasteiger partial charge on any atom is 0.309 e. The first-order valence-electron chi connectivity index (χ1n) is 9.46. The molecule has 10 nitrogen and oxygen atoms in total. The van der Waals surface area contributed by atoms with E-state index in [-0.39, 0.29) is 23.9 Å². The highest BCUT2D eigenvalue weighted by molar-refractivity contribution is 7.98. The van der Waals surface area contributed by atoms with Crippen LogP contribution in [0, 0.1) is 0 Å². The number of benzene rings is 1. The van der Waals surface area contributed by atoms with Crippen LogP contribution >= 0.6 is 11.8 Å². The SMILES string of the molecule is CSCCCC(O)C(O)C(Cc1ccc(O)cc1)NC(=O)c1coc(NS(C)(=O)=O)n1. The van der Waals surface area contributed by atoms with Crippen molar-refractivity contribution in [1.29, 1.82) is 0 Å². The fourth-order valence-electron chi connectivity index (χ4n) is 2.84. The Hall–Kier alpha value is -2.28. The van der Waals surface area contributed by atoms with E-state index >= 15 is 0 Å². The summed E-state index contributed by atoms with van der Waals surface area (Å²) in [5.41, 5.74) is 0.531. The fraction of sp³-hybridized carbons (Fsp3) is 0.474. The van der Waals surface area contributed by atoms with E-state index in [1.807, 2.05) is 11.0 Å². The second-order valence-corrected chi connectivity index (χ2v) is 9.79. The van der Waals surface area contributed by atoms with Gasteiger partial charge < -0.3 is 25.1 Å². The highest BCUT2D eigenvalue weighted by atomic mass is 32.2. The number of phenols is 1. The van der Waals surface area contributed by atoms with Crippen LogP contribution in [0.3, 0.4) is 0 Å². The van der Waals surface area contributed by atoms with E-state index in [1.165, 1.54) is 12.1 Å². The summed E-state index contributed by atoms with van der Waals surface area (Å²) in [6, 6.07) is 5.02. The maximum atomic E-state index is 12.6. The zero-order chi connectivity index (χ0) is 23.0. The normalized spacial score (nSPS) is 14.6. The molecule has 3 unspecified atom stereocenters. The lowest BCUT2D eigenvalue weighted by Gasteiger charge is -2.27. The van der Waals surface area contributed by atoms with Crippen molar-refractivity contribution in [3.05, 3.63) is 41.8 Å². The number of nitrogens with zero attached hydrogens (tertiary/aromatic N) is 1. The van der Waals surface area contributed by atoms with E-state index in [9.17, 15) is 28.5 Å². The van der Waals surface area contributed by atoms with E-state index in [2.05, 4.69) is 10.3 Å². The third kappa shape index (κ3) is 8.40. The average Bonchev–Trinajstić information content (AvgIpc) is 3.15. The number of nitrogens with one attached hydrogen (secondary N) is 2. The molecule has 0 bridgehead atoms. The molecule has 12 heteroatoms. The minimum absolute atomic E-state index is 0.0792. The van der Waals surface area contributed by atoms with E-state index < -0.39 is 34.2 Å². The quantitative estimate of drug-likeness (QED) is 0.283. The number of hydrogen-bond acceptors (Lipinski definition) is 9. The molecule has 0 aliphatic rings. The molecule has 0 aliphatic heterocycles. The van der Waals surface area contributed by atoms with Gasteiger partial charge in [0.05, 0.1) is 18.4 Å². The first kappa shape index (κ1) is 25.0. The molecule has 0 saturated heterocycles. The largest absolute Gasteiger partial charge is 0.508 e. The van der Waals surface area contributed by atoms with Crippen LogP contribution in [0.1, 0.15) is 28.9 Å². The number of carbonyl (C=O) groups is 1. The monoisotopic (exact) mass is 473 g/mol. The number of phenolic OH excluding ortho intramolecular Hbond substituents is 1. The van der Waals surface area contributed by atoms with Gasteiger partial charge in [-0.2, -0.15) is 16.7 Å². The van der Waals surface area contributed by atoms with Crippen molar-refractivity contribution in [2.24, 2.45) is 0 Å². The van der Waals surface area contributed by atoms with Crippen LogP contribution in [0.2, 0.25) is 0 Å². The number of aromatic hydroxyl groups is 1. The minimum Gasteiger partial charge on any atom is -0.508 e. The fourth-order valence-corrected chi connectivity index (χ4v) is 3.71. The van der Waals surface area contributed by atoms with Crippen LogP contribution in [0.5, 0.6) is 5.75 Å². The molecular formula is C19H27N3O7S2. The molecule has 1 aromatic carbocycles. The van der Waals surface area contributed by atoms with Gasteiger partial charge in [0.2, 0.25) is 10.0 Å². The van der Waals surface area contributed by atoms with Gasteiger partial charge in [-0.3, -0.25) is 4.79 Å². The number of rotatable bonds is 12. The Bertz CT molecular complexity index is 948. The number of aromatic nitrogens is 1. The summed E-state index contributed by atoms with van der Waals surface area (Å²) in [5, 5.41) is 33.2. The number of aliphatic hydroxyl groups excluding tert-OH is 2. The lowest BCUT2D eigenvalue weighted by atomic mass is 9.95. The number of sulfonamides is 1. The van der Waals surface area contributed by atoms with Crippen LogP contribution in [-0.4, -0.2) is 71.1 Å². The van der Waals surface area contributed by atoms with Crippen molar-refractivity contribution in [1.82, 2.24) is 10.3 Å². The Labute approximate surface area is 185 Å². The van der Waals surface area contributed by atoms with Gasteiger partial charge in [-0.1, -0.05) is 12.1 Å². The lowest BCUT2D eigenvalue weighted by Crippen LogP contribution is -2.50. The van der Waals surface area contributed by atoms with E-state index in [0.29, 0.717) is 12.8 Å². The molecule has 2 aromatic rings. The number of hydrogen-bond donors (Lipinski definition) is 5. The smallest absolute Gasteiger partial charge is 0.309 e. The standard InChI is InChI=1S/C19H27N3O7S2/c1-30-9-3-4-16(24)17(25)14(10-12-5-7-13(23)8-6-12)20-18(26)15-11-29-19(21-15)22-31(2,27)28/h5-8,11,14,16-17,23-25H,3-4,9-10H2,1-2H3,(H,20,26)(H,21,22). The lowest BCUT2D eigenvalue weighted by molar-refractivity contribution is -0.00735. The van der Waals surface area contributed by atoms with Crippen molar-refractivity contribution in [2.45, 2.75) is 37.5 Å². The predicted octanol–water partition coefficient (Wildman–Crippen LogP) is 0.958. The van der Waals surface area contributed by atoms with Crippen LogP contribution in [0.4, 0.5) is 6.01 Å². The highest BCUT2D eigenvalue weighted by Gasteiger charge is 2.29. The highest BCUT2D eigenvalue weighted by Crippen LogP contribution is 2.17. The summed E-state index contributed by atoms with van der Waals surface area (Å²) < 4.78 is 29.5. The molecule has 0 fully saturated rings. The van der Waals surface area contributed by atoms with Crippen molar-refractivity contribution in [2.75, 3.05) is 23.0 Å². The van der Waals surface area contributed by atoms with Gasteiger partial charge in [-0.25, -0.2) is 13.1 Å². The van der Waals surface area contributed by atoms with Crippen molar-refractivity contribution < 1.29 is 32.9 Å². The van der Waals surface area contributed by atoms with Gasteiger partial charge in [0, 0.05) is 0 Å². The van der Waals surface area contributed by atoms with Crippen LogP contribution < -0.4 is 10.0 Å². The molecule has 172 valence electrons. The third-order valence-corrected chi connectivity index (χ3v) is 5.62. The summed E-state index contributed by atoms with van der Waals surface area (Å²) in [5.74, 6) is 0.202. The molecule has 0 spiro atoms. The van der Waals surface area contributed by atoms with Gasteiger partial charge in [-0.15, -0.1) is 0 Å². The second kappa shape index (κ2) is 11.4. The molecule has 3 atom stereocenters. The molecule has 31 heavy (non-hydrogen) atoms. The molecule has 0 aliphatic carbocycles. The van der Waals surface area contributed by atoms with Crippen LogP contribution in [0.15, 0.2) is 34.9 Å². The third-order valence-electron chi connectivity index (χ3n) is 4.37. The number of amides is 1. The van der Waals surface area contributed by atoms with Gasteiger partial charge in [0.25, 0.3) is 5.91 Å². The Morgan fingerprint density at radius 3 is 2.55 bits per heavy atom. The molecule has 5 N–H and O–H groups in total. The van der Waals surface area contributed by atoms with E-state index in [0.717, 1.165) is 23.8 Å². The summed E-state index contributed by atoms with van der Waals surface area (Å²) in [6.45, 7) is 0. The first-order valence-corrected chi connectivity index (χ1v) is 12.7. The van der Waals surface area contributed by atoms with Crippen molar-refractivity contribution in [3.8, 4) is 5.75 Å². The van der Waals surface area contributed by atoms with Crippen LogP contribution in [0.25, 0.3) is 0 Å². The zero-order valence-corrected chi connectivity index (χ0v) is 18.8. The molecule has 1 amide bonds. The average molecular weight is 474 g/mol. The molecule has 1 aromatic heterocycles. The van der Waals surface area contributed by atoms with Gasteiger partial charge in [-0.05, 0) is 49.0 Å². The van der Waals surface area contributed by atoms with Gasteiger partial charge in [0.1, 0.15) is 18.1 Å². The number of anilines is 1. The Morgan fingerprint density at radius 2 is 1.94 bits per heavy atom. The maximum absolute atomic E-state index is 12.6. The van der Waals surface area contributed by atoms with Crippen LogP contribution in [-0.2, 0) is 16.4 Å². The minimum atomic E-state index is -3.63. The molecule has 0 radical (unpaired) electrons. The van der Waals surface area contributed by atoms with Gasteiger partial charge >= 0.3 is 6.01 Å². The summed E-state index contributed by atoms with van der Waals surface area (Å²) in [7, 11) is -3.63. The molecule has 1 heterocycles. The Kier molecular flexibility index (Phi) is 9.16. The van der Waals surface area contributed by atoms with Crippen molar-refractivity contribution >= 4 is 33.7 Å². The van der Waals surface area contributed by atoms with Gasteiger partial charge in [0.15, 0.2) is 5.69 Å². The topological polar surface area (TPSA) is 162 Å². The molecule has 2 rings (SSSR count). The second-order valence-electron chi connectivity index (χ2n) is 7.06. The Morgan fingerprint density at radius 1 is 1.26 bits per heavy atom. The number of carbonyl (C=O) groups excluding carboxylic acids is 1. The van der Waals surface area contributed by atoms with Crippen molar-refractivity contribution in [3.63, 3.8) is 0 Å². The first-order chi connectivity index (χ1) is 14.6. The summed E-state index contributed by atoms with van der Waals surface area (Å²) in [4.78, 5) is 16.4. The number of aliphatic hydroxyl groups is 2. The summed E-state index contributed by atoms with van der Waals surface area (Å²) in [6.07, 6.45) is 2.76. The Balaban J connectivity index is 2.14. The zero-order valence-electron chi connectivity index (χ0n) is 17.2. The predicted molar refractivity (Wildman–Crippen MR) is 118 cm³/mol. The van der Waals surface area contributed by atoms with E-state index in [4.69, 9.17) is 4.42 Å². The number of oxazole rings is 1.